The number of ether oxygens (including phenoxy) is 1. The topological polar surface area (TPSA) is 114 Å². The number of nitrogens with one attached hydrogen (secondary N) is 3. The van der Waals surface area contributed by atoms with Crippen molar-refractivity contribution >= 4 is 17.5 Å². The summed E-state index contributed by atoms with van der Waals surface area (Å²) >= 11 is 0. The number of aromatic nitrogens is 2. The minimum atomic E-state index is -0.131. The number of methoxy groups -OCH3 is 1. The highest BCUT2D eigenvalue weighted by atomic mass is 16.5. The van der Waals surface area contributed by atoms with Gasteiger partial charge < -0.3 is 20.8 Å². The second kappa shape index (κ2) is 8.28. The summed E-state index contributed by atoms with van der Waals surface area (Å²) in [5.74, 6) is 7.11. The molecule has 0 atom stereocenters. The predicted molar refractivity (Wildman–Crippen MR) is 77.3 cm³/mol. The van der Waals surface area contributed by atoms with Crippen LogP contribution in [0.4, 0.5) is 11.6 Å². The van der Waals surface area contributed by atoms with Crippen LogP contribution in [0.25, 0.3) is 0 Å². The van der Waals surface area contributed by atoms with Gasteiger partial charge in [0.05, 0.1) is 13.2 Å². The van der Waals surface area contributed by atoms with E-state index in [1.807, 2.05) is 13.8 Å². The number of amides is 1. The molecule has 1 heterocycles. The van der Waals surface area contributed by atoms with Crippen LogP contribution >= 0.6 is 0 Å². The molecule has 112 valence electrons. The van der Waals surface area contributed by atoms with Crippen LogP contribution in [0.1, 0.15) is 25.6 Å². The molecule has 0 fully saturated rings. The monoisotopic (exact) mass is 282 g/mol. The quantitative estimate of drug-likeness (QED) is 0.303. The Bertz CT molecular complexity index is 438. The normalized spacial score (nSPS) is 10.4. The fourth-order valence-corrected chi connectivity index (χ4v) is 1.41. The zero-order valence-corrected chi connectivity index (χ0v) is 12.1. The number of anilines is 2. The van der Waals surface area contributed by atoms with Crippen molar-refractivity contribution in [2.24, 2.45) is 5.84 Å². The molecule has 20 heavy (non-hydrogen) atoms. The number of hydrogen-bond acceptors (Lipinski definition) is 7. The van der Waals surface area contributed by atoms with Crippen molar-refractivity contribution in [2.75, 3.05) is 37.5 Å². The van der Waals surface area contributed by atoms with Crippen molar-refractivity contribution in [1.29, 1.82) is 0 Å². The lowest BCUT2D eigenvalue weighted by molar-refractivity contribution is -0.119. The van der Waals surface area contributed by atoms with Gasteiger partial charge in [0.1, 0.15) is 17.5 Å². The number of carbonyl (C=O) groups is 1. The molecule has 0 spiro atoms. The van der Waals surface area contributed by atoms with E-state index in [1.165, 1.54) is 0 Å². The molecule has 8 heteroatoms. The van der Waals surface area contributed by atoms with E-state index in [4.69, 9.17) is 10.6 Å². The number of nitrogens with two attached hydrogens (primary N) is 1. The molecule has 0 aliphatic carbocycles. The third kappa shape index (κ3) is 5.37. The molecule has 0 saturated carbocycles. The molecule has 0 saturated heterocycles. The smallest absolute Gasteiger partial charge is 0.239 e. The standard InChI is InChI=1S/C12H22N6O2/c1-8(2)12-16-9(6-10(17-12)18-13)15-7-11(19)14-4-5-20-3/h6,8H,4-5,7,13H2,1-3H3,(H,14,19)(H2,15,16,17,18). The summed E-state index contributed by atoms with van der Waals surface area (Å²) in [6, 6.07) is 1.65. The molecule has 0 unspecified atom stereocenters. The Labute approximate surface area is 118 Å². The van der Waals surface area contributed by atoms with Crippen LogP contribution in [0.2, 0.25) is 0 Å². The lowest BCUT2D eigenvalue weighted by Crippen LogP contribution is -2.32. The van der Waals surface area contributed by atoms with E-state index >= 15 is 0 Å². The molecule has 0 radical (unpaired) electrons. The van der Waals surface area contributed by atoms with Gasteiger partial charge in [0.25, 0.3) is 0 Å². The van der Waals surface area contributed by atoms with Gasteiger partial charge >= 0.3 is 0 Å². The van der Waals surface area contributed by atoms with Gasteiger partial charge in [-0.15, -0.1) is 0 Å². The average Bonchev–Trinajstić information content (AvgIpc) is 2.45. The van der Waals surface area contributed by atoms with Crippen molar-refractivity contribution < 1.29 is 9.53 Å². The summed E-state index contributed by atoms with van der Waals surface area (Å²) in [5.41, 5.74) is 2.48. The van der Waals surface area contributed by atoms with Gasteiger partial charge in [0.15, 0.2) is 0 Å². The third-order valence-electron chi connectivity index (χ3n) is 2.47. The maximum absolute atomic E-state index is 11.6. The van der Waals surface area contributed by atoms with Crippen molar-refractivity contribution in [3.63, 3.8) is 0 Å². The van der Waals surface area contributed by atoms with Crippen LogP contribution in [-0.2, 0) is 9.53 Å². The van der Waals surface area contributed by atoms with Gasteiger partial charge in [0, 0.05) is 25.6 Å². The van der Waals surface area contributed by atoms with E-state index in [1.54, 1.807) is 13.2 Å². The Hall–Kier alpha value is -1.93. The van der Waals surface area contributed by atoms with Crippen LogP contribution in [0.3, 0.4) is 0 Å². The number of hydrogen-bond donors (Lipinski definition) is 4. The molecule has 0 bridgehead atoms. The zero-order chi connectivity index (χ0) is 15.0. The molecule has 0 aromatic carbocycles. The van der Waals surface area contributed by atoms with Crippen LogP contribution < -0.4 is 21.9 Å². The molecule has 0 aliphatic rings. The SMILES string of the molecule is COCCNC(=O)CNc1cc(NN)nc(C(C)C)n1. The molecule has 5 N–H and O–H groups in total. The van der Waals surface area contributed by atoms with E-state index in [0.29, 0.717) is 30.6 Å². The average molecular weight is 282 g/mol. The second-order valence-electron chi connectivity index (χ2n) is 4.49. The molecule has 1 aromatic rings. The second-order valence-corrected chi connectivity index (χ2v) is 4.49. The van der Waals surface area contributed by atoms with E-state index < -0.39 is 0 Å². The minimum absolute atomic E-state index is 0.127. The Morgan fingerprint density at radius 1 is 1.40 bits per heavy atom. The summed E-state index contributed by atoms with van der Waals surface area (Å²) < 4.78 is 4.85. The van der Waals surface area contributed by atoms with E-state index in [0.717, 1.165) is 0 Å². The summed E-state index contributed by atoms with van der Waals surface area (Å²) in [7, 11) is 1.58. The van der Waals surface area contributed by atoms with E-state index in [-0.39, 0.29) is 18.4 Å². The fraction of sp³-hybridized carbons (Fsp3) is 0.583. The van der Waals surface area contributed by atoms with Crippen molar-refractivity contribution in [2.45, 2.75) is 19.8 Å². The first-order valence-corrected chi connectivity index (χ1v) is 6.42. The van der Waals surface area contributed by atoms with Crippen LogP contribution in [0, 0.1) is 0 Å². The summed E-state index contributed by atoms with van der Waals surface area (Å²) in [4.78, 5) is 20.1. The maximum Gasteiger partial charge on any atom is 0.239 e. The first-order valence-electron chi connectivity index (χ1n) is 6.42. The summed E-state index contributed by atoms with van der Waals surface area (Å²) in [5, 5.41) is 5.65. The number of nitrogens with zero attached hydrogens (tertiary/aromatic N) is 2. The molecule has 8 nitrogen and oxygen atoms in total. The number of rotatable bonds is 8. The van der Waals surface area contributed by atoms with Crippen molar-refractivity contribution in [3.8, 4) is 0 Å². The highest BCUT2D eigenvalue weighted by molar-refractivity contribution is 5.80. The lowest BCUT2D eigenvalue weighted by Gasteiger charge is -2.11. The number of hydrazine groups is 1. The van der Waals surface area contributed by atoms with Crippen LogP contribution in [0.15, 0.2) is 6.07 Å². The van der Waals surface area contributed by atoms with Gasteiger partial charge in [0.2, 0.25) is 5.91 Å². The lowest BCUT2D eigenvalue weighted by atomic mass is 10.2. The van der Waals surface area contributed by atoms with Gasteiger partial charge in [-0.3, -0.25) is 4.79 Å². The van der Waals surface area contributed by atoms with Crippen molar-refractivity contribution in [3.05, 3.63) is 11.9 Å². The molecule has 1 amide bonds. The molecule has 1 rings (SSSR count). The maximum atomic E-state index is 11.6. The largest absolute Gasteiger partial charge is 0.383 e. The van der Waals surface area contributed by atoms with Crippen LogP contribution in [-0.4, -0.2) is 42.7 Å². The van der Waals surface area contributed by atoms with Crippen LogP contribution in [0.5, 0.6) is 0 Å². The Morgan fingerprint density at radius 2 is 2.10 bits per heavy atom. The third-order valence-corrected chi connectivity index (χ3v) is 2.47. The Balaban J connectivity index is 2.58. The molecule has 0 aliphatic heterocycles. The van der Waals surface area contributed by atoms with Crippen molar-refractivity contribution in [1.82, 2.24) is 15.3 Å². The Morgan fingerprint density at radius 3 is 2.70 bits per heavy atom. The number of nitrogen functional groups attached to an aromatic ring is 1. The molecular formula is C12H22N6O2. The first kappa shape index (κ1) is 16.1. The first-order chi connectivity index (χ1) is 9.56. The molecule has 1 aromatic heterocycles. The zero-order valence-electron chi connectivity index (χ0n) is 12.1. The Kier molecular flexibility index (Phi) is 6.68. The van der Waals surface area contributed by atoms with E-state index in [9.17, 15) is 4.79 Å². The van der Waals surface area contributed by atoms with Gasteiger partial charge in [-0.05, 0) is 0 Å². The fourth-order valence-electron chi connectivity index (χ4n) is 1.41. The van der Waals surface area contributed by atoms with Gasteiger partial charge in [-0.25, -0.2) is 15.8 Å². The summed E-state index contributed by atoms with van der Waals surface area (Å²) in [6.07, 6.45) is 0. The highest BCUT2D eigenvalue weighted by Crippen LogP contribution is 2.15. The van der Waals surface area contributed by atoms with Gasteiger partial charge in [-0.2, -0.15) is 0 Å². The molecular weight excluding hydrogens is 260 g/mol. The van der Waals surface area contributed by atoms with E-state index in [2.05, 4.69) is 26.0 Å². The number of carbonyl (C=O) groups excluding carboxylic acids is 1. The summed E-state index contributed by atoms with van der Waals surface area (Å²) in [6.45, 7) is 5.06. The minimum Gasteiger partial charge on any atom is -0.383 e. The van der Waals surface area contributed by atoms with Gasteiger partial charge in [-0.1, -0.05) is 13.8 Å². The highest BCUT2D eigenvalue weighted by Gasteiger charge is 2.08. The predicted octanol–water partition coefficient (Wildman–Crippen LogP) is 0.0601.